The first-order chi connectivity index (χ1) is 11.5. The van der Waals surface area contributed by atoms with E-state index >= 15 is 0 Å². The molecule has 0 aliphatic heterocycles. The number of thioether (sulfide) groups is 1. The third-order valence-corrected chi connectivity index (χ3v) is 4.69. The Morgan fingerprint density at radius 3 is 2.50 bits per heavy atom. The maximum Gasteiger partial charge on any atom is 0.280 e. The SMILES string of the molecule is N#Cc1ccc(C(F)F)nc1S[C@H](C[C@H](N)CO)c1ccccc1. The highest BCUT2D eigenvalue weighted by Crippen LogP contribution is 2.39. The van der Waals surface area contributed by atoms with Crippen molar-refractivity contribution in [2.45, 2.75) is 29.2 Å². The van der Waals surface area contributed by atoms with Crippen LogP contribution < -0.4 is 5.73 Å². The van der Waals surface area contributed by atoms with Gasteiger partial charge in [-0.2, -0.15) is 5.26 Å². The van der Waals surface area contributed by atoms with Crippen LogP contribution in [-0.2, 0) is 0 Å². The van der Waals surface area contributed by atoms with Gasteiger partial charge in [0.25, 0.3) is 6.43 Å². The summed E-state index contributed by atoms with van der Waals surface area (Å²) in [5.41, 5.74) is 6.65. The summed E-state index contributed by atoms with van der Waals surface area (Å²) in [6.45, 7) is -0.181. The number of benzene rings is 1. The average molecular weight is 349 g/mol. The Bertz CT molecular complexity index is 707. The smallest absolute Gasteiger partial charge is 0.280 e. The lowest BCUT2D eigenvalue weighted by atomic mass is 10.1. The van der Waals surface area contributed by atoms with E-state index in [0.29, 0.717) is 6.42 Å². The number of alkyl halides is 2. The predicted molar refractivity (Wildman–Crippen MR) is 88.6 cm³/mol. The monoisotopic (exact) mass is 349 g/mol. The van der Waals surface area contributed by atoms with Crippen molar-refractivity contribution < 1.29 is 13.9 Å². The third-order valence-electron chi connectivity index (χ3n) is 3.40. The quantitative estimate of drug-likeness (QED) is 0.748. The van der Waals surface area contributed by atoms with E-state index in [1.165, 1.54) is 17.8 Å². The Kier molecular flexibility index (Phi) is 6.67. The summed E-state index contributed by atoms with van der Waals surface area (Å²) in [6.07, 6.45) is -2.27. The maximum absolute atomic E-state index is 12.9. The van der Waals surface area contributed by atoms with Crippen molar-refractivity contribution in [3.05, 3.63) is 59.3 Å². The van der Waals surface area contributed by atoms with Crippen molar-refractivity contribution >= 4 is 11.8 Å². The minimum absolute atomic E-state index is 0.181. The molecular formula is C17H17F2N3OS. The van der Waals surface area contributed by atoms with Crippen molar-refractivity contribution in [3.8, 4) is 6.07 Å². The number of hydrogen-bond donors (Lipinski definition) is 2. The molecule has 0 aliphatic carbocycles. The Labute approximate surface area is 143 Å². The molecule has 1 aromatic carbocycles. The fraction of sp³-hybridized carbons (Fsp3) is 0.294. The molecule has 1 heterocycles. The van der Waals surface area contributed by atoms with Gasteiger partial charge >= 0.3 is 0 Å². The number of nitriles is 1. The van der Waals surface area contributed by atoms with Gasteiger partial charge in [0.2, 0.25) is 0 Å². The van der Waals surface area contributed by atoms with Crippen LogP contribution in [-0.4, -0.2) is 22.7 Å². The van der Waals surface area contributed by atoms with Gasteiger partial charge in [-0.05, 0) is 24.1 Å². The zero-order valence-corrected chi connectivity index (χ0v) is 13.6. The number of halogens is 2. The topological polar surface area (TPSA) is 82.9 Å². The van der Waals surface area contributed by atoms with Gasteiger partial charge < -0.3 is 10.8 Å². The van der Waals surface area contributed by atoms with Crippen LogP contribution in [0.15, 0.2) is 47.5 Å². The van der Waals surface area contributed by atoms with Gasteiger partial charge in [-0.25, -0.2) is 13.8 Å². The number of aliphatic hydroxyl groups excluding tert-OH is 1. The average Bonchev–Trinajstić information content (AvgIpc) is 2.61. The number of aromatic nitrogens is 1. The van der Waals surface area contributed by atoms with E-state index in [2.05, 4.69) is 4.98 Å². The Morgan fingerprint density at radius 1 is 1.21 bits per heavy atom. The minimum Gasteiger partial charge on any atom is -0.395 e. The molecule has 24 heavy (non-hydrogen) atoms. The fourth-order valence-electron chi connectivity index (χ4n) is 2.16. The summed E-state index contributed by atoms with van der Waals surface area (Å²) in [6, 6.07) is 13.4. The van der Waals surface area contributed by atoms with Gasteiger partial charge in [0.05, 0.1) is 12.2 Å². The Hall–Kier alpha value is -2.01. The van der Waals surface area contributed by atoms with E-state index in [-0.39, 0.29) is 28.1 Å². The molecule has 3 N–H and O–H groups in total. The van der Waals surface area contributed by atoms with Crippen molar-refractivity contribution in [2.75, 3.05) is 6.61 Å². The molecule has 0 unspecified atom stereocenters. The van der Waals surface area contributed by atoms with Gasteiger partial charge in [-0.15, -0.1) is 0 Å². The van der Waals surface area contributed by atoms with Crippen LogP contribution in [0.4, 0.5) is 8.78 Å². The molecule has 4 nitrogen and oxygen atoms in total. The molecular weight excluding hydrogens is 332 g/mol. The van der Waals surface area contributed by atoms with Crippen molar-refractivity contribution in [1.82, 2.24) is 4.98 Å². The Morgan fingerprint density at radius 2 is 1.92 bits per heavy atom. The zero-order valence-electron chi connectivity index (χ0n) is 12.8. The highest BCUT2D eigenvalue weighted by Gasteiger charge is 2.21. The lowest BCUT2D eigenvalue weighted by molar-refractivity contribution is 0.145. The third kappa shape index (κ3) is 4.74. The molecule has 0 radical (unpaired) electrons. The number of pyridine rings is 1. The summed E-state index contributed by atoms with van der Waals surface area (Å²) in [5, 5.41) is 18.5. The van der Waals surface area contributed by atoms with Crippen molar-refractivity contribution in [1.29, 1.82) is 5.26 Å². The Balaban J connectivity index is 2.35. The number of aliphatic hydroxyl groups is 1. The molecule has 126 valence electrons. The molecule has 0 spiro atoms. The number of nitrogens with zero attached hydrogens (tertiary/aromatic N) is 2. The van der Waals surface area contributed by atoms with Gasteiger partial charge in [0.1, 0.15) is 16.8 Å². The molecule has 2 rings (SSSR count). The molecule has 0 aliphatic rings. The van der Waals surface area contributed by atoms with Crippen LogP contribution >= 0.6 is 11.8 Å². The van der Waals surface area contributed by atoms with E-state index in [1.54, 1.807) is 0 Å². The second-order valence-electron chi connectivity index (χ2n) is 5.20. The second kappa shape index (κ2) is 8.73. The van der Waals surface area contributed by atoms with Gasteiger partial charge in [-0.1, -0.05) is 42.1 Å². The van der Waals surface area contributed by atoms with Gasteiger partial charge in [0.15, 0.2) is 0 Å². The van der Waals surface area contributed by atoms with E-state index in [9.17, 15) is 19.1 Å². The van der Waals surface area contributed by atoms with Crippen LogP contribution in [0.5, 0.6) is 0 Å². The van der Waals surface area contributed by atoms with E-state index in [0.717, 1.165) is 11.6 Å². The first kappa shape index (κ1) is 18.3. The molecule has 1 aromatic heterocycles. The number of nitrogens with two attached hydrogens (primary N) is 1. The van der Waals surface area contributed by atoms with Crippen LogP contribution in [0.3, 0.4) is 0 Å². The van der Waals surface area contributed by atoms with Crippen LogP contribution in [0.25, 0.3) is 0 Å². The lowest BCUT2D eigenvalue weighted by Crippen LogP contribution is -2.26. The first-order valence-electron chi connectivity index (χ1n) is 7.32. The zero-order chi connectivity index (χ0) is 17.5. The first-order valence-corrected chi connectivity index (χ1v) is 8.20. The maximum atomic E-state index is 12.9. The van der Waals surface area contributed by atoms with E-state index in [4.69, 9.17) is 5.73 Å². The van der Waals surface area contributed by atoms with E-state index in [1.807, 2.05) is 36.4 Å². The number of rotatable bonds is 7. The second-order valence-corrected chi connectivity index (χ2v) is 6.39. The van der Waals surface area contributed by atoms with Crippen LogP contribution in [0, 0.1) is 11.3 Å². The lowest BCUT2D eigenvalue weighted by Gasteiger charge is -2.20. The molecule has 0 fully saturated rings. The minimum atomic E-state index is -2.70. The predicted octanol–water partition coefficient (Wildman–Crippen LogP) is 3.43. The van der Waals surface area contributed by atoms with Crippen LogP contribution in [0.1, 0.15) is 34.9 Å². The summed E-state index contributed by atoms with van der Waals surface area (Å²) < 4.78 is 25.8. The van der Waals surface area contributed by atoms with Crippen molar-refractivity contribution in [2.24, 2.45) is 5.73 Å². The van der Waals surface area contributed by atoms with Gasteiger partial charge in [-0.3, -0.25) is 0 Å². The standard InChI is InChI=1S/C17H17F2N3OS/c18-16(19)14-7-6-12(9-20)17(22-14)24-15(8-13(21)10-23)11-4-2-1-3-5-11/h1-7,13,15-16,23H,8,10,21H2/t13-,15+/m0/s1. The normalized spacial score (nSPS) is 13.5. The van der Waals surface area contributed by atoms with Crippen molar-refractivity contribution in [3.63, 3.8) is 0 Å². The molecule has 0 saturated heterocycles. The highest BCUT2D eigenvalue weighted by atomic mass is 32.2. The summed E-state index contributed by atoms with van der Waals surface area (Å²) in [7, 11) is 0. The summed E-state index contributed by atoms with van der Waals surface area (Å²) in [5.74, 6) is 0. The molecule has 7 heteroatoms. The fourth-order valence-corrected chi connectivity index (χ4v) is 3.46. The van der Waals surface area contributed by atoms with Gasteiger partial charge in [0, 0.05) is 11.3 Å². The molecule has 0 saturated carbocycles. The molecule has 0 bridgehead atoms. The van der Waals surface area contributed by atoms with Crippen LogP contribution in [0.2, 0.25) is 0 Å². The molecule has 2 aromatic rings. The van der Waals surface area contributed by atoms with E-state index < -0.39 is 12.5 Å². The summed E-state index contributed by atoms with van der Waals surface area (Å²) >= 11 is 1.21. The number of hydrogen-bond acceptors (Lipinski definition) is 5. The molecule has 2 atom stereocenters. The highest BCUT2D eigenvalue weighted by molar-refractivity contribution is 7.99. The summed E-state index contributed by atoms with van der Waals surface area (Å²) in [4.78, 5) is 3.93. The molecule has 0 amide bonds. The largest absolute Gasteiger partial charge is 0.395 e.